The maximum atomic E-state index is 12.3. The van der Waals surface area contributed by atoms with Gasteiger partial charge in [-0.05, 0) is 12.8 Å². The van der Waals surface area contributed by atoms with E-state index < -0.39 is 0 Å². The summed E-state index contributed by atoms with van der Waals surface area (Å²) in [5.74, 6) is -0.0467. The lowest BCUT2D eigenvalue weighted by atomic mass is 9.94. The molecule has 6 nitrogen and oxygen atoms in total. The Labute approximate surface area is 126 Å². The number of carbonyl (C=O) groups excluding carboxylic acids is 2. The normalized spacial score (nSPS) is 23.6. The minimum Gasteiger partial charge on any atom is -0.378 e. The smallest absolute Gasteiger partial charge is 0.242 e. The highest BCUT2D eigenvalue weighted by molar-refractivity contribution is 5.87. The largest absolute Gasteiger partial charge is 0.378 e. The van der Waals surface area contributed by atoms with E-state index in [1.807, 2.05) is 11.9 Å². The van der Waals surface area contributed by atoms with Crippen molar-refractivity contribution in [1.82, 2.24) is 15.1 Å². The van der Waals surface area contributed by atoms with Crippen LogP contribution in [0.3, 0.4) is 0 Å². The zero-order valence-corrected chi connectivity index (χ0v) is 13.1. The van der Waals surface area contributed by atoms with Crippen molar-refractivity contribution in [3.8, 4) is 0 Å². The van der Waals surface area contributed by atoms with Gasteiger partial charge in [-0.2, -0.15) is 0 Å². The standard InChI is InChI=1S/C15H27N3O3/c1-17(15(20)13-11-21-9-8-16-13)10-14(19)18(2)12-6-4-3-5-7-12/h12-13,16H,3-11H2,1-2H3. The molecule has 2 amide bonds. The van der Waals surface area contributed by atoms with E-state index in [4.69, 9.17) is 4.74 Å². The zero-order chi connectivity index (χ0) is 15.2. The predicted octanol–water partition coefficient (Wildman–Crippen LogP) is 0.224. The fourth-order valence-electron chi connectivity index (χ4n) is 3.05. The molecule has 1 aliphatic heterocycles. The van der Waals surface area contributed by atoms with Gasteiger partial charge in [0.25, 0.3) is 0 Å². The molecule has 0 radical (unpaired) electrons. The highest BCUT2D eigenvalue weighted by Crippen LogP contribution is 2.21. The highest BCUT2D eigenvalue weighted by atomic mass is 16.5. The van der Waals surface area contributed by atoms with Crippen molar-refractivity contribution < 1.29 is 14.3 Å². The maximum Gasteiger partial charge on any atom is 0.242 e. The average Bonchev–Trinajstić information content (AvgIpc) is 2.55. The molecule has 0 aromatic rings. The first-order chi connectivity index (χ1) is 10.1. The van der Waals surface area contributed by atoms with E-state index in [0.717, 1.165) is 12.8 Å². The fourth-order valence-corrected chi connectivity index (χ4v) is 3.05. The van der Waals surface area contributed by atoms with Crippen LogP contribution in [-0.4, -0.2) is 74.1 Å². The van der Waals surface area contributed by atoms with Crippen LogP contribution in [0, 0.1) is 0 Å². The van der Waals surface area contributed by atoms with Crippen LogP contribution in [-0.2, 0) is 14.3 Å². The number of hydrogen-bond donors (Lipinski definition) is 1. The van der Waals surface area contributed by atoms with Crippen LogP contribution < -0.4 is 5.32 Å². The van der Waals surface area contributed by atoms with Crippen LogP contribution in [0.1, 0.15) is 32.1 Å². The van der Waals surface area contributed by atoms with Gasteiger partial charge in [0.05, 0.1) is 19.8 Å². The van der Waals surface area contributed by atoms with Gasteiger partial charge in [0.2, 0.25) is 11.8 Å². The van der Waals surface area contributed by atoms with Gasteiger partial charge in [0.15, 0.2) is 0 Å². The second-order valence-corrected chi connectivity index (χ2v) is 6.07. The number of amides is 2. The van der Waals surface area contributed by atoms with Crippen LogP contribution in [0.4, 0.5) is 0 Å². The summed E-state index contributed by atoms with van der Waals surface area (Å²) in [6.45, 7) is 1.84. The van der Waals surface area contributed by atoms with E-state index in [0.29, 0.717) is 25.8 Å². The SMILES string of the molecule is CN(CC(=O)N(C)C1CCCCC1)C(=O)C1COCCN1. The van der Waals surface area contributed by atoms with Crippen molar-refractivity contribution in [3.05, 3.63) is 0 Å². The number of ether oxygens (including phenoxy) is 1. The maximum absolute atomic E-state index is 12.3. The van der Waals surface area contributed by atoms with Crippen molar-refractivity contribution in [2.45, 2.75) is 44.2 Å². The van der Waals surface area contributed by atoms with Gasteiger partial charge in [0, 0.05) is 26.7 Å². The van der Waals surface area contributed by atoms with E-state index in [1.54, 1.807) is 7.05 Å². The number of morpholine rings is 1. The Morgan fingerprint density at radius 3 is 2.52 bits per heavy atom. The van der Waals surface area contributed by atoms with Crippen molar-refractivity contribution in [1.29, 1.82) is 0 Å². The lowest BCUT2D eigenvalue weighted by Crippen LogP contribution is -2.53. The number of nitrogens with zero attached hydrogens (tertiary/aromatic N) is 2. The molecule has 1 saturated carbocycles. The topological polar surface area (TPSA) is 61.9 Å². The summed E-state index contributed by atoms with van der Waals surface area (Å²) >= 11 is 0. The molecule has 2 aliphatic rings. The molecule has 0 aromatic carbocycles. The lowest BCUT2D eigenvalue weighted by Gasteiger charge is -2.33. The Morgan fingerprint density at radius 1 is 1.19 bits per heavy atom. The van der Waals surface area contributed by atoms with Crippen molar-refractivity contribution in [2.75, 3.05) is 40.4 Å². The average molecular weight is 297 g/mol. The van der Waals surface area contributed by atoms with Crippen molar-refractivity contribution in [2.24, 2.45) is 0 Å². The fraction of sp³-hybridized carbons (Fsp3) is 0.867. The summed E-state index contributed by atoms with van der Waals surface area (Å²) < 4.78 is 5.30. The molecule has 120 valence electrons. The van der Waals surface area contributed by atoms with Crippen LogP contribution in [0.25, 0.3) is 0 Å². The van der Waals surface area contributed by atoms with Crippen LogP contribution >= 0.6 is 0 Å². The van der Waals surface area contributed by atoms with Crippen LogP contribution in [0.15, 0.2) is 0 Å². The number of nitrogens with one attached hydrogen (secondary N) is 1. The predicted molar refractivity (Wildman–Crippen MR) is 79.9 cm³/mol. The molecule has 1 unspecified atom stereocenters. The number of likely N-dealkylation sites (N-methyl/N-ethyl adjacent to an activating group) is 2. The summed E-state index contributed by atoms with van der Waals surface area (Å²) in [6, 6.07) is 0.0161. The lowest BCUT2D eigenvalue weighted by molar-refractivity contribution is -0.142. The van der Waals surface area contributed by atoms with Crippen LogP contribution in [0.5, 0.6) is 0 Å². The minimum absolute atomic E-state index is 0.0227. The van der Waals surface area contributed by atoms with Crippen molar-refractivity contribution >= 4 is 11.8 Å². The van der Waals surface area contributed by atoms with Gasteiger partial charge in [-0.25, -0.2) is 0 Å². The zero-order valence-electron chi connectivity index (χ0n) is 13.1. The molecule has 21 heavy (non-hydrogen) atoms. The molecular weight excluding hydrogens is 270 g/mol. The summed E-state index contributed by atoms with van der Waals surface area (Å²) in [7, 11) is 3.55. The number of carbonyl (C=O) groups is 2. The Morgan fingerprint density at radius 2 is 1.90 bits per heavy atom. The molecule has 1 atom stereocenters. The van der Waals surface area contributed by atoms with Crippen LogP contribution in [0.2, 0.25) is 0 Å². The van der Waals surface area contributed by atoms with Crippen molar-refractivity contribution in [3.63, 3.8) is 0 Å². The van der Waals surface area contributed by atoms with E-state index in [2.05, 4.69) is 5.32 Å². The monoisotopic (exact) mass is 297 g/mol. The van der Waals surface area contributed by atoms with E-state index in [9.17, 15) is 9.59 Å². The number of hydrogen-bond acceptors (Lipinski definition) is 4. The van der Waals surface area contributed by atoms with Gasteiger partial charge < -0.3 is 19.9 Å². The molecule has 1 aliphatic carbocycles. The first kappa shape index (κ1) is 16.2. The molecular formula is C15H27N3O3. The Balaban J connectivity index is 1.81. The van der Waals surface area contributed by atoms with Gasteiger partial charge in [-0.15, -0.1) is 0 Å². The second kappa shape index (κ2) is 7.75. The van der Waals surface area contributed by atoms with E-state index >= 15 is 0 Å². The highest BCUT2D eigenvalue weighted by Gasteiger charge is 2.28. The number of rotatable bonds is 4. The quantitative estimate of drug-likeness (QED) is 0.806. The summed E-state index contributed by atoms with van der Waals surface area (Å²) in [5, 5.41) is 3.12. The van der Waals surface area contributed by atoms with Gasteiger partial charge in [-0.3, -0.25) is 9.59 Å². The molecule has 0 aromatic heterocycles. The van der Waals surface area contributed by atoms with Gasteiger partial charge in [0.1, 0.15) is 6.04 Å². The molecule has 1 saturated heterocycles. The Bertz CT molecular complexity index is 363. The molecule has 2 rings (SSSR count). The molecule has 0 spiro atoms. The third kappa shape index (κ3) is 4.41. The second-order valence-electron chi connectivity index (χ2n) is 6.07. The molecule has 1 N–H and O–H groups in total. The molecule has 6 heteroatoms. The molecule has 0 bridgehead atoms. The first-order valence-corrected chi connectivity index (χ1v) is 7.91. The van der Waals surface area contributed by atoms with E-state index in [-0.39, 0.29) is 24.4 Å². The Kier molecular flexibility index (Phi) is 5.99. The summed E-state index contributed by atoms with van der Waals surface area (Å²) in [4.78, 5) is 27.9. The van der Waals surface area contributed by atoms with E-state index in [1.165, 1.54) is 24.2 Å². The third-order valence-corrected chi connectivity index (χ3v) is 4.48. The van der Waals surface area contributed by atoms with Gasteiger partial charge >= 0.3 is 0 Å². The Hall–Kier alpha value is -1.14. The first-order valence-electron chi connectivity index (χ1n) is 7.91. The minimum atomic E-state index is -0.323. The molecule has 2 fully saturated rings. The summed E-state index contributed by atoms with van der Waals surface area (Å²) in [5.41, 5.74) is 0. The third-order valence-electron chi connectivity index (χ3n) is 4.48. The molecule has 1 heterocycles. The summed E-state index contributed by atoms with van der Waals surface area (Å²) in [6.07, 6.45) is 5.82. The van der Waals surface area contributed by atoms with Gasteiger partial charge in [-0.1, -0.05) is 19.3 Å².